The van der Waals surface area contributed by atoms with Crippen molar-refractivity contribution in [2.24, 2.45) is 34.0 Å². The van der Waals surface area contributed by atoms with Crippen LogP contribution in [0.5, 0.6) is 0 Å². The van der Waals surface area contributed by atoms with Gasteiger partial charge in [-0.1, -0.05) is 33.8 Å². The number of nitrogens with one attached hydrogen (secondary N) is 2. The summed E-state index contributed by atoms with van der Waals surface area (Å²) in [5, 5.41) is 13.6. The van der Waals surface area contributed by atoms with Gasteiger partial charge in [0, 0.05) is 34.9 Å². The number of carbonyl (C=O) groups is 3. The third-order valence-corrected chi connectivity index (χ3v) is 10.5. The van der Waals surface area contributed by atoms with Crippen LogP contribution in [0, 0.1) is 40.9 Å². The molecule has 1 aromatic rings. The third-order valence-electron chi connectivity index (χ3n) is 10.5. The number of carbonyl (C=O) groups excluding carboxylic acids is 3. The molecule has 3 aliphatic rings. The van der Waals surface area contributed by atoms with Gasteiger partial charge >= 0.3 is 17.9 Å². The van der Waals surface area contributed by atoms with Crippen LogP contribution < -0.4 is 16.6 Å². The summed E-state index contributed by atoms with van der Waals surface area (Å²) in [6.07, 6.45) is 0.932. The van der Waals surface area contributed by atoms with Crippen LogP contribution in [0.25, 0.3) is 0 Å². The Hall–Kier alpha value is -3.21. The van der Waals surface area contributed by atoms with E-state index in [4.69, 9.17) is 9.47 Å². The molecule has 220 valence electrons. The maximum absolute atomic E-state index is 13.4. The fourth-order valence-corrected chi connectivity index (χ4v) is 7.86. The second-order valence-corrected chi connectivity index (χ2v) is 12.5. The van der Waals surface area contributed by atoms with E-state index in [1.54, 1.807) is 13.0 Å². The van der Waals surface area contributed by atoms with Crippen LogP contribution in [0.4, 0.5) is 9.59 Å². The lowest BCUT2D eigenvalue weighted by Gasteiger charge is -2.61. The summed E-state index contributed by atoms with van der Waals surface area (Å²) >= 11 is 0. The minimum absolute atomic E-state index is 0.0415. The Morgan fingerprint density at radius 1 is 1.23 bits per heavy atom. The van der Waals surface area contributed by atoms with E-state index in [0.29, 0.717) is 18.5 Å². The van der Waals surface area contributed by atoms with E-state index in [9.17, 15) is 29.1 Å². The molecule has 3 aliphatic carbocycles. The number of hydrogen-bond donors (Lipinski definition) is 3. The number of ether oxygens (including phenoxy) is 2. The summed E-state index contributed by atoms with van der Waals surface area (Å²) in [6.45, 7) is 13.0. The highest BCUT2D eigenvalue weighted by Crippen LogP contribution is 2.67. The number of rotatable bonds is 5. The number of H-pyrrole nitrogens is 1. The molecule has 1 unspecified atom stereocenters. The number of hydrogen-bond acceptors (Lipinski definition) is 8. The molecule has 4 rings (SSSR count). The van der Waals surface area contributed by atoms with E-state index >= 15 is 0 Å². The maximum Gasteiger partial charge on any atom is 0.416 e. The number of ketones is 1. The van der Waals surface area contributed by atoms with E-state index in [0.717, 1.165) is 17.4 Å². The van der Waals surface area contributed by atoms with Crippen molar-refractivity contribution in [1.82, 2.24) is 14.9 Å². The number of aliphatic hydroxyl groups is 1. The van der Waals surface area contributed by atoms with E-state index in [1.807, 2.05) is 20.8 Å². The third kappa shape index (κ3) is 4.82. The van der Waals surface area contributed by atoms with Crippen molar-refractivity contribution >= 4 is 18.0 Å². The number of aromatic nitrogens is 2. The quantitative estimate of drug-likeness (QED) is 0.465. The molecular weight excluding hydrogens is 518 g/mol. The van der Waals surface area contributed by atoms with Gasteiger partial charge in [-0.15, -0.1) is 6.58 Å². The number of aliphatic hydroxyl groups excluding tert-OH is 1. The molecule has 0 radical (unpaired) electrons. The second kappa shape index (κ2) is 10.6. The number of amides is 2. The lowest BCUT2D eigenvalue weighted by atomic mass is 9.44. The number of aromatic amines is 1. The molecule has 1 heterocycles. The van der Waals surface area contributed by atoms with Gasteiger partial charge in [0.05, 0.1) is 12.6 Å². The molecule has 3 saturated carbocycles. The van der Waals surface area contributed by atoms with E-state index in [1.165, 1.54) is 6.07 Å². The topological polar surface area (TPSA) is 157 Å². The smallest absolute Gasteiger partial charge is 0.416 e. The van der Waals surface area contributed by atoms with Crippen molar-refractivity contribution in [3.8, 4) is 0 Å². The van der Waals surface area contributed by atoms with Crippen molar-refractivity contribution in [3.05, 3.63) is 45.3 Å². The molecule has 0 saturated heterocycles. The molecule has 0 aliphatic heterocycles. The van der Waals surface area contributed by atoms with E-state index in [-0.39, 0.29) is 37.2 Å². The summed E-state index contributed by atoms with van der Waals surface area (Å²) in [6, 6.07) is 1.25. The zero-order valence-corrected chi connectivity index (χ0v) is 24.0. The lowest BCUT2D eigenvalue weighted by molar-refractivity contribution is -0.191. The fraction of sp³-hybridized carbons (Fsp3) is 0.690. The van der Waals surface area contributed by atoms with Gasteiger partial charge in [-0.3, -0.25) is 14.2 Å². The molecule has 40 heavy (non-hydrogen) atoms. The lowest BCUT2D eigenvalue weighted by Crippen LogP contribution is -2.63. The first-order valence-corrected chi connectivity index (χ1v) is 14.0. The van der Waals surface area contributed by atoms with Crippen LogP contribution in [0.2, 0.25) is 0 Å². The number of aryl methyl sites for hydroxylation is 1. The average Bonchev–Trinajstić information content (AvgIpc) is 3.24. The highest BCUT2D eigenvalue weighted by Gasteiger charge is 2.68. The first-order chi connectivity index (χ1) is 18.7. The summed E-state index contributed by atoms with van der Waals surface area (Å²) < 4.78 is 11.8. The van der Waals surface area contributed by atoms with Gasteiger partial charge in [0.1, 0.15) is 18.5 Å². The van der Waals surface area contributed by atoms with Gasteiger partial charge in [0.2, 0.25) is 0 Å². The zero-order chi connectivity index (χ0) is 29.6. The van der Waals surface area contributed by atoms with Crippen LogP contribution in [0.3, 0.4) is 0 Å². The number of nitrogens with zero attached hydrogens (tertiary/aromatic N) is 1. The molecule has 2 amide bonds. The van der Waals surface area contributed by atoms with Gasteiger partial charge < -0.3 is 19.6 Å². The van der Waals surface area contributed by atoms with Crippen molar-refractivity contribution in [2.45, 2.75) is 85.5 Å². The largest absolute Gasteiger partial charge is 0.447 e. The Morgan fingerprint density at radius 3 is 2.58 bits per heavy atom. The molecule has 0 aromatic carbocycles. The highest BCUT2D eigenvalue weighted by molar-refractivity contribution is 5.88. The monoisotopic (exact) mass is 559 g/mol. The summed E-state index contributed by atoms with van der Waals surface area (Å²) in [4.78, 5) is 65.3. The van der Waals surface area contributed by atoms with Crippen LogP contribution >= 0.6 is 0 Å². The molecule has 11 heteroatoms. The molecule has 11 nitrogen and oxygen atoms in total. The first kappa shape index (κ1) is 29.8. The Kier molecular flexibility index (Phi) is 7.92. The SMILES string of the molecule is C=C[C@]1(C)C[C@@H](OC(=O)NC(=O)OCCn2c(=O)cc(C)[nH]c2=O)[C@@]2(C)C(C)CC[C@]3(CCC(=O)[C@H]32)[C@@H](C)[C@@H]1O. The minimum Gasteiger partial charge on any atom is -0.447 e. The molecule has 1 aromatic heterocycles. The van der Waals surface area contributed by atoms with E-state index < -0.39 is 57.8 Å². The fourth-order valence-electron chi connectivity index (χ4n) is 7.86. The minimum atomic E-state index is -1.10. The van der Waals surface area contributed by atoms with Crippen LogP contribution in [0.1, 0.15) is 65.5 Å². The normalized spacial score (nSPS) is 37.0. The average molecular weight is 560 g/mol. The standard InChI is InChI=1S/C29H41N3O8/c1-7-27(5)15-20(28(6)16(2)8-10-29(18(4)23(27)35)11-9-19(33)22(28)29)40-26(38)31-25(37)39-13-12-32-21(34)14-17(3)30-24(32)36/h7,14,16,18,20,22-23,35H,1,8-13,15H2,2-6H3,(H,30,36)(H,31,37,38)/t16?,18-,20+,22-,23-,27+,28+,29-/m0/s1. The predicted octanol–water partition coefficient (Wildman–Crippen LogP) is 3.07. The molecule has 3 fully saturated rings. The molecule has 8 atom stereocenters. The summed E-state index contributed by atoms with van der Waals surface area (Å²) in [5.74, 6) is -0.375. The zero-order valence-electron chi connectivity index (χ0n) is 24.0. The van der Waals surface area contributed by atoms with Gasteiger partial charge in [0.25, 0.3) is 5.56 Å². The van der Waals surface area contributed by atoms with Crippen molar-refractivity contribution in [1.29, 1.82) is 0 Å². The number of imide groups is 1. The van der Waals surface area contributed by atoms with Crippen molar-refractivity contribution in [2.75, 3.05) is 6.61 Å². The molecule has 2 bridgehead atoms. The maximum atomic E-state index is 13.4. The Bertz CT molecular complexity index is 1290. The van der Waals surface area contributed by atoms with Gasteiger partial charge in [-0.05, 0) is 49.9 Å². The summed E-state index contributed by atoms with van der Waals surface area (Å²) in [5.41, 5.74) is -2.70. The first-order valence-electron chi connectivity index (χ1n) is 14.0. The molecule has 0 spiro atoms. The second-order valence-electron chi connectivity index (χ2n) is 12.5. The Balaban J connectivity index is 1.53. The Labute approximate surface area is 233 Å². The van der Waals surface area contributed by atoms with Gasteiger partial charge in [0.15, 0.2) is 0 Å². The molecular formula is C29H41N3O8. The predicted molar refractivity (Wildman–Crippen MR) is 146 cm³/mol. The van der Waals surface area contributed by atoms with Crippen LogP contribution in [-0.4, -0.2) is 51.4 Å². The number of Topliss-reactive ketones (excluding diaryl/α,β-unsaturated/α-hetero) is 1. The van der Waals surface area contributed by atoms with Crippen LogP contribution in [0.15, 0.2) is 28.3 Å². The van der Waals surface area contributed by atoms with Crippen molar-refractivity contribution < 1.29 is 29.0 Å². The molecule has 3 N–H and O–H groups in total. The Morgan fingerprint density at radius 2 is 1.93 bits per heavy atom. The van der Waals surface area contributed by atoms with Gasteiger partial charge in [-0.25, -0.2) is 19.7 Å². The van der Waals surface area contributed by atoms with Crippen LogP contribution in [-0.2, 0) is 20.8 Å². The summed E-state index contributed by atoms with van der Waals surface area (Å²) in [7, 11) is 0. The van der Waals surface area contributed by atoms with Crippen molar-refractivity contribution in [3.63, 3.8) is 0 Å². The highest BCUT2D eigenvalue weighted by atomic mass is 16.6. The number of alkyl carbamates (subject to hydrolysis) is 2. The van der Waals surface area contributed by atoms with Gasteiger partial charge in [-0.2, -0.15) is 0 Å². The van der Waals surface area contributed by atoms with E-state index in [2.05, 4.69) is 23.8 Å².